The average molecular weight is 222 g/mol. The van der Waals surface area contributed by atoms with Crippen LogP contribution in [0.3, 0.4) is 0 Å². The van der Waals surface area contributed by atoms with Crippen molar-refractivity contribution in [3.63, 3.8) is 0 Å². The molecule has 0 saturated heterocycles. The zero-order valence-corrected chi connectivity index (χ0v) is 10.4. The van der Waals surface area contributed by atoms with E-state index in [4.69, 9.17) is 0 Å². The highest BCUT2D eigenvalue weighted by molar-refractivity contribution is 4.93. The molecular weight excluding hydrogens is 196 g/mol. The van der Waals surface area contributed by atoms with Crippen LogP contribution >= 0.6 is 0 Å². The van der Waals surface area contributed by atoms with Crippen molar-refractivity contribution in [2.75, 3.05) is 0 Å². The van der Waals surface area contributed by atoms with Gasteiger partial charge in [-0.25, -0.2) is 0 Å². The van der Waals surface area contributed by atoms with E-state index < -0.39 is 0 Å². The van der Waals surface area contributed by atoms with Crippen LogP contribution in [0.5, 0.6) is 0 Å². The number of aliphatic hydroxyl groups excluding tert-OH is 1. The van der Waals surface area contributed by atoms with Crippen molar-refractivity contribution in [2.45, 2.75) is 70.3 Å². The summed E-state index contributed by atoms with van der Waals surface area (Å²) < 4.78 is 0. The van der Waals surface area contributed by atoms with Crippen LogP contribution < -0.4 is 0 Å². The highest BCUT2D eigenvalue weighted by atomic mass is 16.3. The summed E-state index contributed by atoms with van der Waals surface area (Å²) >= 11 is 0. The second-order valence-corrected chi connectivity index (χ2v) is 6.47. The van der Waals surface area contributed by atoms with E-state index in [1.54, 1.807) is 0 Å². The number of fused-ring (bicyclic) bond motifs is 1. The molecule has 0 heterocycles. The second kappa shape index (κ2) is 4.68. The van der Waals surface area contributed by atoms with Gasteiger partial charge in [0.1, 0.15) is 0 Å². The molecule has 3 fully saturated rings. The molecule has 1 nitrogen and oxygen atoms in total. The van der Waals surface area contributed by atoms with Crippen molar-refractivity contribution in [2.24, 2.45) is 23.7 Å². The predicted molar refractivity (Wildman–Crippen MR) is 66.1 cm³/mol. The third-order valence-corrected chi connectivity index (χ3v) is 5.68. The summed E-state index contributed by atoms with van der Waals surface area (Å²) in [6.45, 7) is 0. The zero-order valence-electron chi connectivity index (χ0n) is 10.4. The molecule has 4 unspecified atom stereocenters. The van der Waals surface area contributed by atoms with E-state index in [1.165, 1.54) is 57.8 Å². The maximum Gasteiger partial charge on any atom is 0.0573 e. The molecule has 0 aliphatic heterocycles. The van der Waals surface area contributed by atoms with Gasteiger partial charge in [-0.05, 0) is 42.9 Å². The minimum Gasteiger partial charge on any atom is -0.393 e. The highest BCUT2D eigenvalue weighted by Gasteiger charge is 2.43. The molecule has 3 saturated carbocycles. The van der Waals surface area contributed by atoms with Crippen LogP contribution in [0.2, 0.25) is 0 Å². The van der Waals surface area contributed by atoms with Gasteiger partial charge < -0.3 is 5.11 Å². The van der Waals surface area contributed by atoms with Crippen LogP contribution in [-0.2, 0) is 0 Å². The van der Waals surface area contributed by atoms with Gasteiger partial charge in [0, 0.05) is 0 Å². The molecule has 0 bridgehead atoms. The number of hydrogen-bond acceptors (Lipinski definition) is 1. The molecule has 4 atom stereocenters. The van der Waals surface area contributed by atoms with Gasteiger partial charge in [-0.3, -0.25) is 0 Å². The van der Waals surface area contributed by atoms with Crippen LogP contribution in [-0.4, -0.2) is 11.2 Å². The van der Waals surface area contributed by atoms with Crippen LogP contribution in [0.4, 0.5) is 0 Å². The molecule has 0 radical (unpaired) electrons. The Balaban J connectivity index is 1.75. The third-order valence-electron chi connectivity index (χ3n) is 5.68. The lowest BCUT2D eigenvalue weighted by atomic mass is 9.60. The lowest BCUT2D eigenvalue weighted by Crippen LogP contribution is -2.42. The van der Waals surface area contributed by atoms with Crippen molar-refractivity contribution in [3.8, 4) is 0 Å². The van der Waals surface area contributed by atoms with Gasteiger partial charge in [-0.15, -0.1) is 0 Å². The number of hydrogen-bond donors (Lipinski definition) is 1. The van der Waals surface area contributed by atoms with Crippen molar-refractivity contribution >= 4 is 0 Å². The van der Waals surface area contributed by atoms with E-state index in [0.29, 0.717) is 5.92 Å². The SMILES string of the molecule is OC1CCC2CCCCC2C1C1CCCC1. The van der Waals surface area contributed by atoms with E-state index in [0.717, 1.165) is 24.2 Å². The fourth-order valence-corrected chi connectivity index (χ4v) is 4.97. The Labute approximate surface area is 99.6 Å². The minimum atomic E-state index is 0.0439. The predicted octanol–water partition coefficient (Wildman–Crippen LogP) is 3.75. The quantitative estimate of drug-likeness (QED) is 0.716. The van der Waals surface area contributed by atoms with E-state index in [2.05, 4.69) is 0 Å². The molecule has 3 aliphatic rings. The third kappa shape index (κ3) is 1.92. The first kappa shape index (κ1) is 11.1. The topological polar surface area (TPSA) is 20.2 Å². The molecule has 0 amide bonds. The summed E-state index contributed by atoms with van der Waals surface area (Å²) in [7, 11) is 0. The molecular formula is C15H26O. The molecule has 16 heavy (non-hydrogen) atoms. The lowest BCUT2D eigenvalue weighted by Gasteiger charge is -2.46. The van der Waals surface area contributed by atoms with E-state index in [9.17, 15) is 5.11 Å². The summed E-state index contributed by atoms with van der Waals surface area (Å²) in [6.07, 6.45) is 13.9. The smallest absolute Gasteiger partial charge is 0.0573 e. The molecule has 3 rings (SSSR count). The maximum absolute atomic E-state index is 10.4. The van der Waals surface area contributed by atoms with Crippen molar-refractivity contribution in [1.29, 1.82) is 0 Å². The van der Waals surface area contributed by atoms with Gasteiger partial charge in [0.2, 0.25) is 0 Å². The normalized spacial score (nSPS) is 45.6. The Hall–Kier alpha value is -0.0400. The standard InChI is InChI=1S/C15H26O/c16-14-10-9-11-5-3-4-8-13(11)15(14)12-6-1-2-7-12/h11-16H,1-10H2. The average Bonchev–Trinajstić information content (AvgIpc) is 2.82. The van der Waals surface area contributed by atoms with Crippen LogP contribution in [0.1, 0.15) is 64.2 Å². The van der Waals surface area contributed by atoms with E-state index in [1.807, 2.05) is 0 Å². The Morgan fingerprint density at radius 3 is 2.00 bits per heavy atom. The summed E-state index contributed by atoms with van der Waals surface area (Å²) in [6, 6.07) is 0. The molecule has 1 N–H and O–H groups in total. The molecule has 0 aromatic rings. The minimum absolute atomic E-state index is 0.0439. The monoisotopic (exact) mass is 222 g/mol. The fourth-order valence-electron chi connectivity index (χ4n) is 4.97. The summed E-state index contributed by atoms with van der Waals surface area (Å²) in [4.78, 5) is 0. The molecule has 0 spiro atoms. The molecule has 92 valence electrons. The van der Waals surface area contributed by atoms with Gasteiger partial charge >= 0.3 is 0 Å². The zero-order chi connectivity index (χ0) is 11.0. The second-order valence-electron chi connectivity index (χ2n) is 6.47. The number of aliphatic hydroxyl groups is 1. The Morgan fingerprint density at radius 1 is 0.625 bits per heavy atom. The Morgan fingerprint density at radius 2 is 1.25 bits per heavy atom. The molecule has 0 aromatic carbocycles. The first-order valence-corrected chi connectivity index (χ1v) is 7.54. The van der Waals surface area contributed by atoms with Crippen LogP contribution in [0, 0.1) is 23.7 Å². The van der Waals surface area contributed by atoms with Gasteiger partial charge in [0.25, 0.3) is 0 Å². The first-order chi connectivity index (χ1) is 7.86. The van der Waals surface area contributed by atoms with Crippen LogP contribution in [0.15, 0.2) is 0 Å². The van der Waals surface area contributed by atoms with Gasteiger partial charge in [-0.2, -0.15) is 0 Å². The number of rotatable bonds is 1. The highest BCUT2D eigenvalue weighted by Crippen LogP contribution is 2.49. The Kier molecular flexibility index (Phi) is 3.24. The molecule has 1 heteroatoms. The maximum atomic E-state index is 10.4. The first-order valence-electron chi connectivity index (χ1n) is 7.54. The van der Waals surface area contributed by atoms with Gasteiger partial charge in [0.05, 0.1) is 6.10 Å². The fraction of sp³-hybridized carbons (Fsp3) is 1.00. The van der Waals surface area contributed by atoms with Gasteiger partial charge in [-0.1, -0.05) is 44.9 Å². The summed E-state index contributed by atoms with van der Waals surface area (Å²) in [5.74, 6) is 3.42. The van der Waals surface area contributed by atoms with E-state index >= 15 is 0 Å². The summed E-state index contributed by atoms with van der Waals surface area (Å²) in [5, 5.41) is 10.4. The van der Waals surface area contributed by atoms with Gasteiger partial charge in [0.15, 0.2) is 0 Å². The van der Waals surface area contributed by atoms with Crippen molar-refractivity contribution in [3.05, 3.63) is 0 Å². The largest absolute Gasteiger partial charge is 0.393 e. The summed E-state index contributed by atoms with van der Waals surface area (Å²) in [5.41, 5.74) is 0. The van der Waals surface area contributed by atoms with Crippen molar-refractivity contribution in [1.82, 2.24) is 0 Å². The van der Waals surface area contributed by atoms with E-state index in [-0.39, 0.29) is 6.10 Å². The molecule has 3 aliphatic carbocycles. The Bertz CT molecular complexity index is 232. The van der Waals surface area contributed by atoms with Crippen LogP contribution in [0.25, 0.3) is 0 Å². The van der Waals surface area contributed by atoms with Crippen molar-refractivity contribution < 1.29 is 5.11 Å². The lowest BCUT2D eigenvalue weighted by molar-refractivity contribution is -0.0426. The molecule has 0 aromatic heterocycles.